The van der Waals surface area contributed by atoms with Crippen molar-refractivity contribution >= 4 is 33.0 Å². The monoisotopic (exact) mass is 371 g/mol. The summed E-state index contributed by atoms with van der Waals surface area (Å²) in [6.07, 6.45) is 0. The summed E-state index contributed by atoms with van der Waals surface area (Å²) in [6.45, 7) is 1.51. The molecular formula is C18H17N3O4S. The number of benzene rings is 2. The number of ether oxygens (including phenoxy) is 2. The summed E-state index contributed by atoms with van der Waals surface area (Å²) in [6, 6.07) is 10.4. The van der Waals surface area contributed by atoms with Crippen LogP contribution < -0.4 is 25.1 Å². The van der Waals surface area contributed by atoms with Crippen molar-refractivity contribution in [3.63, 3.8) is 0 Å². The lowest BCUT2D eigenvalue weighted by molar-refractivity contribution is 0.101. The van der Waals surface area contributed by atoms with Crippen molar-refractivity contribution in [1.82, 2.24) is 4.98 Å². The number of fused-ring (bicyclic) bond motifs is 1. The van der Waals surface area contributed by atoms with E-state index in [1.54, 1.807) is 43.5 Å². The lowest BCUT2D eigenvalue weighted by Crippen LogP contribution is -2.26. The van der Waals surface area contributed by atoms with Gasteiger partial charge in [-0.25, -0.2) is 0 Å². The minimum Gasteiger partial charge on any atom is -0.493 e. The highest BCUT2D eigenvalue weighted by molar-refractivity contribution is 7.16. The molecule has 0 saturated carbocycles. The maximum atomic E-state index is 12.3. The van der Waals surface area contributed by atoms with E-state index in [9.17, 15) is 9.59 Å². The van der Waals surface area contributed by atoms with Gasteiger partial charge in [-0.05, 0) is 31.2 Å². The number of nitrogens with zero attached hydrogens (tertiary/aromatic N) is 1. The van der Waals surface area contributed by atoms with Crippen molar-refractivity contribution in [2.45, 2.75) is 6.92 Å². The first-order valence-electron chi connectivity index (χ1n) is 7.71. The number of Topliss-reactive ketones (excluding diaryl/α,β-unsaturated/α-hetero) is 1. The van der Waals surface area contributed by atoms with Crippen LogP contribution in [0.5, 0.6) is 11.5 Å². The number of nitrogens with one attached hydrogen (secondary N) is 2. The predicted octanol–water partition coefficient (Wildman–Crippen LogP) is 2.74. The molecule has 0 aliphatic carbocycles. The molecule has 7 nitrogen and oxygen atoms in total. The zero-order valence-corrected chi connectivity index (χ0v) is 15.3. The standard InChI is InChI=1S/C18H17N3O4S/c1-10(22)11-4-6-12(7-5-11)20-21-18-17(23)19-13-8-14(24-2)15(25-3)9-16(13)26-18/h4-9,20H,1-3H3,(H,19,23). The molecule has 0 spiro atoms. The van der Waals surface area contributed by atoms with Crippen LogP contribution in [0, 0.1) is 0 Å². The molecule has 3 rings (SSSR count). The second kappa shape index (κ2) is 7.40. The first-order chi connectivity index (χ1) is 12.5. The van der Waals surface area contributed by atoms with Gasteiger partial charge in [0.05, 0.1) is 30.1 Å². The number of rotatable bonds is 5. The largest absolute Gasteiger partial charge is 0.493 e. The smallest absolute Gasteiger partial charge is 0.286 e. The number of carbonyl (C=O) groups is 1. The third-order valence-corrected chi connectivity index (χ3v) is 4.74. The van der Waals surface area contributed by atoms with Crippen molar-refractivity contribution in [3.8, 4) is 11.5 Å². The minimum atomic E-state index is -0.317. The Balaban J connectivity index is 1.98. The van der Waals surface area contributed by atoms with Crippen LogP contribution in [0.3, 0.4) is 0 Å². The van der Waals surface area contributed by atoms with E-state index in [1.807, 2.05) is 0 Å². The summed E-state index contributed by atoms with van der Waals surface area (Å²) in [4.78, 5) is 26.3. The number of ketones is 1. The highest BCUT2D eigenvalue weighted by atomic mass is 32.1. The molecule has 0 aliphatic rings. The molecule has 2 aromatic carbocycles. The van der Waals surface area contributed by atoms with Gasteiger partial charge in [-0.2, -0.15) is 5.10 Å². The summed E-state index contributed by atoms with van der Waals surface area (Å²) in [5, 5.41) is 4.17. The zero-order chi connectivity index (χ0) is 18.7. The van der Waals surface area contributed by atoms with Crippen LogP contribution in [0.15, 0.2) is 46.3 Å². The zero-order valence-electron chi connectivity index (χ0n) is 14.5. The topological polar surface area (TPSA) is 92.8 Å². The van der Waals surface area contributed by atoms with Gasteiger partial charge >= 0.3 is 0 Å². The van der Waals surface area contributed by atoms with Gasteiger partial charge < -0.3 is 14.5 Å². The molecule has 0 amide bonds. The van der Waals surface area contributed by atoms with Crippen molar-refractivity contribution in [2.75, 3.05) is 19.6 Å². The quantitative estimate of drug-likeness (QED) is 0.531. The summed E-state index contributed by atoms with van der Waals surface area (Å²) in [5.74, 6) is 1.10. The molecule has 0 aliphatic heterocycles. The number of hydrogen-bond acceptors (Lipinski definition) is 7. The van der Waals surface area contributed by atoms with E-state index in [-0.39, 0.29) is 16.0 Å². The molecule has 1 heterocycles. The van der Waals surface area contributed by atoms with Gasteiger partial charge in [0.25, 0.3) is 5.56 Å². The van der Waals surface area contributed by atoms with E-state index in [1.165, 1.54) is 25.4 Å². The van der Waals surface area contributed by atoms with Gasteiger partial charge in [0, 0.05) is 17.7 Å². The number of anilines is 1. The average Bonchev–Trinajstić information content (AvgIpc) is 2.65. The fraction of sp³-hybridized carbons (Fsp3) is 0.167. The highest BCUT2D eigenvalue weighted by Gasteiger charge is 2.08. The molecule has 2 N–H and O–H groups in total. The van der Waals surface area contributed by atoms with Gasteiger partial charge in [-0.1, -0.05) is 0 Å². The summed E-state index contributed by atoms with van der Waals surface area (Å²) < 4.78 is 11.6. The molecule has 0 fully saturated rings. The normalized spacial score (nSPS) is 11.4. The fourth-order valence-electron chi connectivity index (χ4n) is 2.34. The number of aromatic nitrogens is 1. The van der Waals surface area contributed by atoms with Crippen LogP contribution in [0.2, 0.25) is 0 Å². The molecule has 0 radical (unpaired) electrons. The molecule has 0 saturated heterocycles. The second-order valence-electron chi connectivity index (χ2n) is 5.42. The number of H-pyrrole nitrogens is 1. The molecule has 1 aromatic heterocycles. The Morgan fingerprint density at radius 3 is 2.38 bits per heavy atom. The molecule has 134 valence electrons. The maximum Gasteiger partial charge on any atom is 0.286 e. The molecule has 26 heavy (non-hydrogen) atoms. The average molecular weight is 371 g/mol. The van der Waals surface area contributed by atoms with Crippen LogP contribution >= 0.6 is 11.3 Å². The molecule has 0 bridgehead atoms. The van der Waals surface area contributed by atoms with Crippen LogP contribution in [0.25, 0.3) is 10.2 Å². The van der Waals surface area contributed by atoms with Gasteiger partial charge in [0.1, 0.15) is 0 Å². The van der Waals surface area contributed by atoms with Crippen molar-refractivity contribution in [1.29, 1.82) is 0 Å². The van der Waals surface area contributed by atoms with Crippen LogP contribution in [0.4, 0.5) is 5.69 Å². The van der Waals surface area contributed by atoms with Gasteiger partial charge in [-0.3, -0.25) is 15.0 Å². The molecule has 0 unspecified atom stereocenters. The molecule has 3 aromatic rings. The SMILES string of the molecule is COc1cc2[nH]c(=O)c(=NNc3ccc(C(C)=O)cc3)sc2cc1OC. The van der Waals surface area contributed by atoms with Gasteiger partial charge in [0.15, 0.2) is 17.3 Å². The van der Waals surface area contributed by atoms with Gasteiger partial charge in [-0.15, -0.1) is 11.3 Å². The van der Waals surface area contributed by atoms with Gasteiger partial charge in [0.2, 0.25) is 4.67 Å². The van der Waals surface area contributed by atoms with Crippen molar-refractivity contribution in [3.05, 3.63) is 57.0 Å². The van der Waals surface area contributed by atoms with Crippen LogP contribution in [-0.4, -0.2) is 25.0 Å². The number of aromatic amines is 1. The lowest BCUT2D eigenvalue weighted by Gasteiger charge is -2.08. The van der Waals surface area contributed by atoms with Crippen molar-refractivity contribution in [2.24, 2.45) is 5.10 Å². The molecule has 8 heteroatoms. The third-order valence-electron chi connectivity index (χ3n) is 3.71. The Kier molecular flexibility index (Phi) is 5.04. The minimum absolute atomic E-state index is 0.00828. The number of carbonyl (C=O) groups excluding carboxylic acids is 1. The fourth-order valence-corrected chi connectivity index (χ4v) is 3.17. The first-order valence-corrected chi connectivity index (χ1v) is 8.53. The van der Waals surface area contributed by atoms with E-state index in [0.717, 1.165) is 4.70 Å². The second-order valence-corrected chi connectivity index (χ2v) is 6.45. The molecular weight excluding hydrogens is 354 g/mol. The van der Waals surface area contributed by atoms with Crippen LogP contribution in [0.1, 0.15) is 17.3 Å². The van der Waals surface area contributed by atoms with Crippen LogP contribution in [-0.2, 0) is 0 Å². The van der Waals surface area contributed by atoms with E-state index in [0.29, 0.717) is 28.3 Å². The third kappa shape index (κ3) is 3.60. The predicted molar refractivity (Wildman–Crippen MR) is 101 cm³/mol. The number of hydrogen-bond donors (Lipinski definition) is 2. The Bertz CT molecular complexity index is 1080. The lowest BCUT2D eigenvalue weighted by atomic mass is 10.1. The summed E-state index contributed by atoms with van der Waals surface area (Å²) in [5.41, 5.74) is 4.44. The highest BCUT2D eigenvalue weighted by Crippen LogP contribution is 2.31. The van der Waals surface area contributed by atoms with E-state index < -0.39 is 0 Å². The Hall–Kier alpha value is -3.13. The molecule has 0 atom stereocenters. The maximum absolute atomic E-state index is 12.3. The van der Waals surface area contributed by atoms with Crippen molar-refractivity contribution < 1.29 is 14.3 Å². The van der Waals surface area contributed by atoms with E-state index in [4.69, 9.17) is 9.47 Å². The summed E-state index contributed by atoms with van der Waals surface area (Å²) in [7, 11) is 3.09. The summed E-state index contributed by atoms with van der Waals surface area (Å²) >= 11 is 1.23. The Morgan fingerprint density at radius 1 is 1.12 bits per heavy atom. The Morgan fingerprint density at radius 2 is 1.77 bits per heavy atom. The van der Waals surface area contributed by atoms with E-state index >= 15 is 0 Å². The van der Waals surface area contributed by atoms with E-state index in [2.05, 4.69) is 15.5 Å². The first kappa shape index (κ1) is 17.7. The Labute approximate surface area is 152 Å². The number of methoxy groups -OCH3 is 2.